The summed E-state index contributed by atoms with van der Waals surface area (Å²) in [6, 6.07) is 3.79. The van der Waals surface area contributed by atoms with E-state index in [-0.39, 0.29) is 6.54 Å². The Labute approximate surface area is 144 Å². The summed E-state index contributed by atoms with van der Waals surface area (Å²) in [5, 5.41) is 7.55. The van der Waals surface area contributed by atoms with Gasteiger partial charge in [-0.3, -0.25) is 0 Å². The van der Waals surface area contributed by atoms with Crippen LogP contribution in [0.25, 0.3) is 11.2 Å². The normalized spacial score (nSPS) is 15.3. The van der Waals surface area contributed by atoms with Gasteiger partial charge in [-0.2, -0.15) is 5.10 Å². The summed E-state index contributed by atoms with van der Waals surface area (Å²) in [7, 11) is 0. The van der Waals surface area contributed by atoms with E-state index in [4.69, 9.17) is 0 Å². The Morgan fingerprint density at radius 3 is 2.80 bits per heavy atom. The molecule has 6 nitrogen and oxygen atoms in total. The van der Waals surface area contributed by atoms with Crippen LogP contribution in [0.5, 0.6) is 0 Å². The lowest BCUT2D eigenvalue weighted by atomic mass is 10.1. The summed E-state index contributed by atoms with van der Waals surface area (Å²) in [4.78, 5) is 13.0. The number of nitrogens with zero attached hydrogens (tertiary/aromatic N) is 5. The van der Waals surface area contributed by atoms with Crippen molar-refractivity contribution in [2.24, 2.45) is 0 Å². The first-order chi connectivity index (χ1) is 12.0. The molecule has 3 aromatic rings. The topological polar surface area (TPSA) is 68.0 Å². The molecule has 0 bridgehead atoms. The Balaban J connectivity index is 1.59. The predicted octanol–water partition coefficient (Wildman–Crippen LogP) is 3.11. The van der Waals surface area contributed by atoms with Crippen LogP contribution in [0.1, 0.15) is 35.5 Å². The monoisotopic (exact) mass is 338 g/mol. The molecule has 1 aliphatic carbocycles. The van der Waals surface area contributed by atoms with Crippen LogP contribution >= 0.6 is 0 Å². The highest BCUT2D eigenvalue weighted by Gasteiger charge is 2.43. The van der Waals surface area contributed by atoms with E-state index >= 15 is 0 Å². The standard InChI is InChI=1S/C18H19FN6/c1-11-8-20-16-5-4-15(24-25(11)16)12(2)14-9-21-17(23-13(14)3)22-10-18(19)6-7-18/h4-5,8-9H,2,6-7,10H2,1,3H3,(H,21,22,23). The summed E-state index contributed by atoms with van der Waals surface area (Å²) < 4.78 is 15.5. The molecule has 0 aromatic carbocycles. The molecule has 128 valence electrons. The number of hydrogen-bond acceptors (Lipinski definition) is 5. The molecule has 0 radical (unpaired) electrons. The quantitative estimate of drug-likeness (QED) is 0.774. The largest absolute Gasteiger partial charge is 0.351 e. The van der Waals surface area contributed by atoms with E-state index in [0.29, 0.717) is 18.8 Å². The van der Waals surface area contributed by atoms with Crippen molar-refractivity contribution in [3.8, 4) is 0 Å². The molecule has 0 unspecified atom stereocenters. The fraction of sp³-hybridized carbons (Fsp3) is 0.333. The summed E-state index contributed by atoms with van der Waals surface area (Å²) in [6.45, 7) is 8.24. The summed E-state index contributed by atoms with van der Waals surface area (Å²) in [5.74, 6) is 0.437. The van der Waals surface area contributed by atoms with E-state index in [1.54, 1.807) is 16.9 Å². The molecular weight excluding hydrogens is 319 g/mol. The Hall–Kier alpha value is -2.83. The van der Waals surface area contributed by atoms with E-state index < -0.39 is 5.67 Å². The molecule has 1 fully saturated rings. The Bertz CT molecular complexity index is 973. The first-order valence-corrected chi connectivity index (χ1v) is 8.23. The molecular formula is C18H19FN6. The number of halogens is 1. The van der Waals surface area contributed by atoms with Crippen molar-refractivity contribution in [1.29, 1.82) is 0 Å². The minimum Gasteiger partial charge on any atom is -0.351 e. The Morgan fingerprint density at radius 2 is 2.08 bits per heavy atom. The van der Waals surface area contributed by atoms with Gasteiger partial charge in [-0.1, -0.05) is 6.58 Å². The Morgan fingerprint density at radius 1 is 1.28 bits per heavy atom. The van der Waals surface area contributed by atoms with E-state index in [1.807, 2.05) is 26.0 Å². The number of hydrogen-bond donors (Lipinski definition) is 1. The molecule has 1 N–H and O–H groups in total. The maximum absolute atomic E-state index is 13.7. The lowest BCUT2D eigenvalue weighted by molar-refractivity contribution is 0.326. The SMILES string of the molecule is C=C(c1ccc2ncc(C)n2n1)c1cnc(NCC2(F)CC2)nc1C. The molecule has 1 saturated carbocycles. The summed E-state index contributed by atoms with van der Waals surface area (Å²) >= 11 is 0. The van der Waals surface area contributed by atoms with Crippen molar-refractivity contribution in [2.45, 2.75) is 32.4 Å². The smallest absolute Gasteiger partial charge is 0.222 e. The third-order valence-corrected chi connectivity index (χ3v) is 4.50. The number of aromatic nitrogens is 5. The number of aryl methyl sites for hydroxylation is 2. The molecule has 0 spiro atoms. The second-order valence-corrected chi connectivity index (χ2v) is 6.56. The van der Waals surface area contributed by atoms with Gasteiger partial charge < -0.3 is 5.32 Å². The van der Waals surface area contributed by atoms with E-state index in [9.17, 15) is 4.39 Å². The van der Waals surface area contributed by atoms with E-state index in [1.165, 1.54) is 0 Å². The van der Waals surface area contributed by atoms with Crippen molar-refractivity contribution in [3.63, 3.8) is 0 Å². The first kappa shape index (κ1) is 15.7. The highest BCUT2D eigenvalue weighted by atomic mass is 19.1. The number of anilines is 1. The lowest BCUT2D eigenvalue weighted by Gasteiger charge is -2.11. The third kappa shape index (κ3) is 2.97. The molecule has 3 aromatic heterocycles. The van der Waals surface area contributed by atoms with Crippen LogP contribution in [0.15, 0.2) is 31.1 Å². The predicted molar refractivity (Wildman–Crippen MR) is 94.2 cm³/mol. The number of rotatable bonds is 5. The second-order valence-electron chi connectivity index (χ2n) is 6.56. The average molecular weight is 338 g/mol. The zero-order valence-corrected chi connectivity index (χ0v) is 14.3. The van der Waals surface area contributed by atoms with E-state index in [2.05, 4.69) is 31.9 Å². The molecule has 4 rings (SSSR count). The molecule has 0 aliphatic heterocycles. The lowest BCUT2D eigenvalue weighted by Crippen LogP contribution is -2.18. The Kier molecular flexibility index (Phi) is 3.52. The van der Waals surface area contributed by atoms with Gasteiger partial charge in [-0.15, -0.1) is 0 Å². The van der Waals surface area contributed by atoms with Gasteiger partial charge in [-0.25, -0.2) is 23.9 Å². The highest BCUT2D eigenvalue weighted by molar-refractivity contribution is 5.77. The van der Waals surface area contributed by atoms with Crippen LogP contribution in [-0.2, 0) is 0 Å². The van der Waals surface area contributed by atoms with Crippen LogP contribution in [0, 0.1) is 13.8 Å². The van der Waals surface area contributed by atoms with Gasteiger partial charge in [0.2, 0.25) is 5.95 Å². The van der Waals surface area contributed by atoms with Crippen molar-refractivity contribution < 1.29 is 4.39 Å². The zero-order valence-electron chi connectivity index (χ0n) is 14.3. The molecule has 25 heavy (non-hydrogen) atoms. The highest BCUT2D eigenvalue weighted by Crippen LogP contribution is 2.39. The molecule has 0 saturated heterocycles. The second kappa shape index (κ2) is 5.61. The minimum atomic E-state index is -1.08. The summed E-state index contributed by atoms with van der Waals surface area (Å²) in [6.07, 6.45) is 4.70. The van der Waals surface area contributed by atoms with Crippen LogP contribution < -0.4 is 5.32 Å². The molecule has 1 aliphatic rings. The van der Waals surface area contributed by atoms with Gasteiger partial charge in [0.1, 0.15) is 5.67 Å². The molecule has 0 atom stereocenters. The number of nitrogens with one attached hydrogen (secondary N) is 1. The third-order valence-electron chi connectivity index (χ3n) is 4.50. The van der Waals surface area contributed by atoms with E-state index in [0.717, 1.165) is 33.9 Å². The maximum Gasteiger partial charge on any atom is 0.222 e. The van der Waals surface area contributed by atoms with Gasteiger partial charge in [0.25, 0.3) is 0 Å². The minimum absolute atomic E-state index is 0.255. The maximum atomic E-state index is 13.7. The fourth-order valence-electron chi connectivity index (χ4n) is 2.69. The average Bonchev–Trinajstić information content (AvgIpc) is 3.24. The molecule has 0 amide bonds. The number of alkyl halides is 1. The van der Waals surface area contributed by atoms with Gasteiger partial charge in [0, 0.05) is 17.3 Å². The van der Waals surface area contributed by atoms with Crippen molar-refractivity contribution in [1.82, 2.24) is 24.6 Å². The zero-order chi connectivity index (χ0) is 17.6. The van der Waals surface area contributed by atoms with Crippen LogP contribution in [-0.4, -0.2) is 36.8 Å². The van der Waals surface area contributed by atoms with Gasteiger partial charge in [-0.05, 0) is 38.8 Å². The van der Waals surface area contributed by atoms with Gasteiger partial charge in [0.05, 0.1) is 29.8 Å². The molecule has 7 heteroatoms. The van der Waals surface area contributed by atoms with Crippen LogP contribution in [0.2, 0.25) is 0 Å². The van der Waals surface area contributed by atoms with Crippen LogP contribution in [0.3, 0.4) is 0 Å². The van der Waals surface area contributed by atoms with Crippen molar-refractivity contribution in [3.05, 3.63) is 53.8 Å². The van der Waals surface area contributed by atoms with Gasteiger partial charge >= 0.3 is 0 Å². The number of fused-ring (bicyclic) bond motifs is 1. The van der Waals surface area contributed by atoms with Gasteiger partial charge in [0.15, 0.2) is 5.65 Å². The summed E-state index contributed by atoms with van der Waals surface area (Å²) in [5.41, 5.74) is 3.73. The van der Waals surface area contributed by atoms with Crippen molar-refractivity contribution >= 4 is 17.2 Å². The van der Waals surface area contributed by atoms with Crippen molar-refractivity contribution in [2.75, 3.05) is 11.9 Å². The van der Waals surface area contributed by atoms with Crippen LogP contribution in [0.4, 0.5) is 10.3 Å². The molecule has 3 heterocycles. The number of imidazole rings is 1. The fourth-order valence-corrected chi connectivity index (χ4v) is 2.69. The first-order valence-electron chi connectivity index (χ1n) is 8.23.